The maximum absolute atomic E-state index is 6.05. The highest BCUT2D eigenvalue weighted by atomic mass is 127. The Morgan fingerprint density at radius 1 is 1.17 bits per heavy atom. The molecule has 3 unspecified atom stereocenters. The zero-order valence-electron chi connectivity index (χ0n) is 12.9. The lowest BCUT2D eigenvalue weighted by Crippen LogP contribution is -2.23. The topological polar surface area (TPSA) is 59.6 Å². The van der Waals surface area contributed by atoms with Crippen LogP contribution in [0.1, 0.15) is 17.0 Å². The number of methoxy groups -OCH3 is 1. The number of nitrogens with zero attached hydrogens (tertiary/aromatic N) is 1. The van der Waals surface area contributed by atoms with E-state index in [9.17, 15) is 0 Å². The van der Waals surface area contributed by atoms with Crippen LogP contribution < -0.4 is 15.8 Å². The summed E-state index contributed by atoms with van der Waals surface area (Å²) in [7, 11) is 1.65. The summed E-state index contributed by atoms with van der Waals surface area (Å²) in [4.78, 5) is 4.66. The summed E-state index contributed by atoms with van der Waals surface area (Å²) in [6, 6.07) is 16.7. The molecule has 0 heterocycles. The van der Waals surface area contributed by atoms with Gasteiger partial charge in [0.2, 0.25) is 0 Å². The van der Waals surface area contributed by atoms with Crippen LogP contribution >= 0.6 is 24.0 Å². The summed E-state index contributed by atoms with van der Waals surface area (Å²) in [6.07, 6.45) is 1.13. The van der Waals surface area contributed by atoms with Crippen LogP contribution in [0.15, 0.2) is 53.5 Å². The van der Waals surface area contributed by atoms with Gasteiger partial charge in [-0.3, -0.25) is 0 Å². The summed E-state index contributed by atoms with van der Waals surface area (Å²) < 4.78 is 5.14. The number of aliphatic imine (C=N–C) groups is 1. The SMILES string of the molecule is COc1ccc(NC(N)=NC2C3Cc4ccccc4C32)cc1.I. The zero-order valence-corrected chi connectivity index (χ0v) is 15.2. The molecule has 3 N–H and O–H groups in total. The second-order valence-electron chi connectivity index (χ2n) is 5.95. The molecule has 0 radical (unpaired) electrons. The van der Waals surface area contributed by atoms with Gasteiger partial charge < -0.3 is 15.8 Å². The van der Waals surface area contributed by atoms with Gasteiger partial charge in [0.25, 0.3) is 0 Å². The Morgan fingerprint density at radius 2 is 1.91 bits per heavy atom. The van der Waals surface area contributed by atoms with E-state index in [0.29, 0.717) is 23.8 Å². The van der Waals surface area contributed by atoms with E-state index in [4.69, 9.17) is 10.5 Å². The van der Waals surface area contributed by atoms with Crippen molar-refractivity contribution in [3.8, 4) is 5.75 Å². The van der Waals surface area contributed by atoms with Crippen molar-refractivity contribution >= 4 is 35.6 Å². The molecule has 0 aliphatic heterocycles. The molecule has 4 nitrogen and oxygen atoms in total. The fourth-order valence-electron chi connectivity index (χ4n) is 3.51. The highest BCUT2D eigenvalue weighted by Gasteiger charge is 2.55. The number of fused-ring (bicyclic) bond motifs is 3. The first kappa shape index (κ1) is 16.1. The van der Waals surface area contributed by atoms with E-state index < -0.39 is 0 Å². The van der Waals surface area contributed by atoms with Gasteiger partial charge in [-0.05, 0) is 47.7 Å². The van der Waals surface area contributed by atoms with Crippen LogP contribution in [-0.2, 0) is 6.42 Å². The number of nitrogens with one attached hydrogen (secondary N) is 1. The molecule has 3 atom stereocenters. The van der Waals surface area contributed by atoms with Crippen molar-refractivity contribution in [3.05, 3.63) is 59.7 Å². The minimum absolute atomic E-state index is 0. The van der Waals surface area contributed by atoms with Crippen LogP contribution in [0.25, 0.3) is 0 Å². The summed E-state index contributed by atoms with van der Waals surface area (Å²) in [6.45, 7) is 0. The van der Waals surface area contributed by atoms with Gasteiger partial charge in [-0.1, -0.05) is 24.3 Å². The molecule has 4 rings (SSSR count). The number of anilines is 1. The van der Waals surface area contributed by atoms with Gasteiger partial charge in [0.05, 0.1) is 13.2 Å². The van der Waals surface area contributed by atoms with E-state index in [1.807, 2.05) is 24.3 Å². The van der Waals surface area contributed by atoms with E-state index >= 15 is 0 Å². The third-order valence-electron chi connectivity index (χ3n) is 4.65. The normalized spacial score (nSPS) is 24.2. The number of hydrogen-bond acceptors (Lipinski definition) is 2. The highest BCUT2D eigenvalue weighted by molar-refractivity contribution is 14.0. The second kappa shape index (κ2) is 6.39. The first-order valence-electron chi connectivity index (χ1n) is 7.58. The lowest BCUT2D eigenvalue weighted by molar-refractivity contribution is 0.415. The minimum atomic E-state index is 0. The van der Waals surface area contributed by atoms with Crippen molar-refractivity contribution in [2.75, 3.05) is 12.4 Å². The summed E-state index contributed by atoms with van der Waals surface area (Å²) >= 11 is 0. The van der Waals surface area contributed by atoms with Crippen LogP contribution in [0.5, 0.6) is 5.75 Å². The molecule has 5 heteroatoms. The first-order chi connectivity index (χ1) is 10.8. The Bertz CT molecular complexity index is 729. The molecule has 1 saturated carbocycles. The second-order valence-corrected chi connectivity index (χ2v) is 5.95. The van der Waals surface area contributed by atoms with E-state index in [2.05, 4.69) is 34.6 Å². The van der Waals surface area contributed by atoms with Gasteiger partial charge in [0.15, 0.2) is 5.96 Å². The lowest BCUT2D eigenvalue weighted by Gasteiger charge is -2.08. The third kappa shape index (κ3) is 3.02. The van der Waals surface area contributed by atoms with Crippen LogP contribution in [-0.4, -0.2) is 19.1 Å². The monoisotopic (exact) mass is 421 g/mol. The van der Waals surface area contributed by atoms with Crippen LogP contribution in [0, 0.1) is 5.92 Å². The van der Waals surface area contributed by atoms with Gasteiger partial charge >= 0.3 is 0 Å². The molecule has 2 aliphatic carbocycles. The van der Waals surface area contributed by atoms with E-state index in [1.54, 1.807) is 7.11 Å². The molecule has 0 bridgehead atoms. The average molecular weight is 421 g/mol. The van der Waals surface area contributed by atoms with Gasteiger partial charge in [0, 0.05) is 11.6 Å². The number of rotatable bonds is 3. The highest BCUT2D eigenvalue weighted by Crippen LogP contribution is 2.58. The van der Waals surface area contributed by atoms with Crippen molar-refractivity contribution in [2.45, 2.75) is 18.4 Å². The molecule has 0 saturated heterocycles. The molecule has 120 valence electrons. The molecule has 23 heavy (non-hydrogen) atoms. The number of guanidine groups is 1. The number of benzene rings is 2. The molecule has 1 fully saturated rings. The molecule has 0 aromatic heterocycles. The molecule has 0 amide bonds. The van der Waals surface area contributed by atoms with Crippen molar-refractivity contribution in [1.29, 1.82) is 0 Å². The van der Waals surface area contributed by atoms with Crippen molar-refractivity contribution < 1.29 is 4.74 Å². The molecular formula is C18H20IN3O. The Kier molecular flexibility index (Phi) is 4.48. The Hall–Kier alpha value is -1.76. The fourth-order valence-corrected chi connectivity index (χ4v) is 3.51. The summed E-state index contributed by atoms with van der Waals surface area (Å²) in [5.41, 5.74) is 9.91. The fraction of sp³-hybridized carbons (Fsp3) is 0.278. The number of hydrogen-bond donors (Lipinski definition) is 2. The number of halogens is 1. The van der Waals surface area contributed by atoms with Gasteiger partial charge in [-0.15, -0.1) is 24.0 Å². The quantitative estimate of drug-likeness (QED) is 0.454. The zero-order chi connectivity index (χ0) is 15.1. The molecule has 2 aliphatic rings. The Labute approximate surface area is 153 Å². The maximum atomic E-state index is 6.05. The van der Waals surface area contributed by atoms with Gasteiger partial charge in [0.1, 0.15) is 5.75 Å². The van der Waals surface area contributed by atoms with E-state index in [0.717, 1.165) is 17.9 Å². The summed E-state index contributed by atoms with van der Waals surface area (Å²) in [5, 5.41) is 3.15. The van der Waals surface area contributed by atoms with Crippen LogP contribution in [0.2, 0.25) is 0 Å². The van der Waals surface area contributed by atoms with Crippen LogP contribution in [0.3, 0.4) is 0 Å². The standard InChI is InChI=1S/C18H19N3O.HI/c1-22-13-8-6-12(7-9-13)20-18(19)21-17-15-10-11-4-2-3-5-14(11)16(15)17;/h2-9,15-17H,10H2,1H3,(H3,19,20,21);1H. The largest absolute Gasteiger partial charge is 0.497 e. The maximum Gasteiger partial charge on any atom is 0.193 e. The third-order valence-corrected chi connectivity index (χ3v) is 4.65. The summed E-state index contributed by atoms with van der Waals surface area (Å²) in [5.74, 6) is 2.51. The first-order valence-corrected chi connectivity index (χ1v) is 7.58. The number of nitrogens with two attached hydrogens (primary N) is 1. The molecule has 2 aromatic rings. The molecule has 2 aromatic carbocycles. The van der Waals surface area contributed by atoms with Crippen molar-refractivity contribution in [1.82, 2.24) is 0 Å². The predicted octanol–water partition coefficient (Wildman–Crippen LogP) is 3.38. The van der Waals surface area contributed by atoms with E-state index in [-0.39, 0.29) is 24.0 Å². The van der Waals surface area contributed by atoms with Gasteiger partial charge in [-0.2, -0.15) is 0 Å². The van der Waals surface area contributed by atoms with Crippen molar-refractivity contribution in [3.63, 3.8) is 0 Å². The predicted molar refractivity (Wildman–Crippen MR) is 104 cm³/mol. The van der Waals surface area contributed by atoms with Crippen molar-refractivity contribution in [2.24, 2.45) is 16.6 Å². The molecular weight excluding hydrogens is 401 g/mol. The Balaban J connectivity index is 0.00000156. The smallest absolute Gasteiger partial charge is 0.193 e. The average Bonchev–Trinajstić information content (AvgIpc) is 3.05. The van der Waals surface area contributed by atoms with Gasteiger partial charge in [-0.25, -0.2) is 4.99 Å². The van der Waals surface area contributed by atoms with E-state index in [1.165, 1.54) is 11.1 Å². The molecule has 0 spiro atoms. The Morgan fingerprint density at radius 3 is 2.65 bits per heavy atom. The lowest BCUT2D eigenvalue weighted by atomic mass is 10.1. The van der Waals surface area contributed by atoms with Crippen LogP contribution in [0.4, 0.5) is 5.69 Å². The minimum Gasteiger partial charge on any atom is -0.497 e. The number of ether oxygens (including phenoxy) is 1.